The fourth-order valence-electron chi connectivity index (χ4n) is 0.627. The number of nitrogens with two attached hydrogens (primary N) is 1. The van der Waals surface area contributed by atoms with E-state index in [1.165, 1.54) is 0 Å². The minimum Gasteiger partial charge on any atom is -0.404 e. The molecule has 1 nitrogen and oxygen atoms in total. The molecule has 0 aliphatic carbocycles. The third kappa shape index (κ3) is 4.15. The maximum atomic E-state index is 5.27. The minimum absolute atomic E-state index is 0.638. The van der Waals surface area contributed by atoms with E-state index in [9.17, 15) is 0 Å². The van der Waals surface area contributed by atoms with Gasteiger partial charge in [-0.1, -0.05) is 26.1 Å². The van der Waals surface area contributed by atoms with Gasteiger partial charge in [0, 0.05) is 5.37 Å². The number of hydrogen-bond donors (Lipinski definition) is 1. The van der Waals surface area contributed by atoms with Crippen molar-refractivity contribution in [3.05, 3.63) is 11.8 Å². The van der Waals surface area contributed by atoms with Gasteiger partial charge in [-0.2, -0.15) is 0 Å². The largest absolute Gasteiger partial charge is 0.404 e. The highest BCUT2D eigenvalue weighted by molar-refractivity contribution is 7.79. The van der Waals surface area contributed by atoms with Gasteiger partial charge >= 0.3 is 0 Å². The monoisotopic (exact) mass is 143 g/mol. The summed E-state index contributed by atoms with van der Waals surface area (Å²) in [5, 5.41) is 1.64. The third-order valence-electron chi connectivity index (χ3n) is 1.01. The molecule has 0 atom stereocenters. The van der Waals surface area contributed by atoms with Gasteiger partial charge in [-0.25, -0.2) is 0 Å². The van der Waals surface area contributed by atoms with Gasteiger partial charge in [0.1, 0.15) is 0 Å². The van der Waals surface area contributed by atoms with Crippen LogP contribution in [0.3, 0.4) is 0 Å². The minimum atomic E-state index is 0.638. The standard InChI is InChI=1S/C7H13NS/c1-6(2)3-7(4-8)5-9/h4-6H,3,8H2,1-2H3. The second-order valence-corrected chi connectivity index (χ2v) is 2.69. The molecule has 0 radical (unpaired) electrons. The summed E-state index contributed by atoms with van der Waals surface area (Å²) in [6.07, 6.45) is 2.56. The molecule has 52 valence electrons. The Kier molecular flexibility index (Phi) is 4.32. The molecule has 0 aromatic carbocycles. The van der Waals surface area contributed by atoms with Gasteiger partial charge in [-0.3, -0.25) is 0 Å². The first-order chi connectivity index (χ1) is 4.20. The second kappa shape index (κ2) is 4.50. The Bertz CT molecular complexity index is 116. The van der Waals surface area contributed by atoms with Crippen molar-refractivity contribution in [2.75, 3.05) is 0 Å². The van der Waals surface area contributed by atoms with Crippen LogP contribution in [0.5, 0.6) is 0 Å². The molecule has 2 N–H and O–H groups in total. The van der Waals surface area contributed by atoms with Gasteiger partial charge in [0.15, 0.2) is 0 Å². The van der Waals surface area contributed by atoms with Gasteiger partial charge in [-0.15, -0.1) is 0 Å². The van der Waals surface area contributed by atoms with E-state index >= 15 is 0 Å². The molecule has 0 amide bonds. The van der Waals surface area contributed by atoms with Crippen molar-refractivity contribution in [1.82, 2.24) is 0 Å². The Morgan fingerprint density at radius 1 is 1.67 bits per heavy atom. The Balaban J connectivity index is 3.71. The van der Waals surface area contributed by atoms with Gasteiger partial charge < -0.3 is 5.73 Å². The maximum absolute atomic E-state index is 5.27. The molecule has 0 saturated heterocycles. The van der Waals surface area contributed by atoms with E-state index in [0.29, 0.717) is 5.92 Å². The zero-order valence-corrected chi connectivity index (χ0v) is 6.74. The average molecular weight is 143 g/mol. The lowest BCUT2D eigenvalue weighted by Crippen LogP contribution is -1.94. The lowest BCUT2D eigenvalue weighted by molar-refractivity contribution is 0.655. The molecule has 0 saturated carbocycles. The smallest absolute Gasteiger partial charge is 0.00600 e. The molecule has 0 spiro atoms. The molecule has 9 heavy (non-hydrogen) atoms. The normalized spacial score (nSPS) is 12.1. The molecule has 0 heterocycles. The molecule has 0 bridgehead atoms. The van der Waals surface area contributed by atoms with Gasteiger partial charge in [-0.05, 0) is 24.1 Å². The average Bonchev–Trinajstić information content (AvgIpc) is 1.82. The van der Waals surface area contributed by atoms with Crippen LogP contribution in [0.1, 0.15) is 20.3 Å². The zero-order valence-electron chi connectivity index (χ0n) is 5.92. The van der Waals surface area contributed by atoms with Crippen molar-refractivity contribution in [3.8, 4) is 0 Å². The summed E-state index contributed by atoms with van der Waals surface area (Å²) in [6.45, 7) is 4.28. The van der Waals surface area contributed by atoms with Gasteiger partial charge in [0.05, 0.1) is 0 Å². The second-order valence-electron chi connectivity index (χ2n) is 2.46. The fourth-order valence-corrected chi connectivity index (χ4v) is 0.802. The summed E-state index contributed by atoms with van der Waals surface area (Å²) < 4.78 is 0. The molecule has 0 fully saturated rings. The number of thiocarbonyl (C=S) groups is 1. The lowest BCUT2D eigenvalue weighted by atomic mass is 10.1. The Labute approximate surface area is 61.9 Å². The van der Waals surface area contributed by atoms with Crippen LogP contribution in [0.2, 0.25) is 0 Å². The van der Waals surface area contributed by atoms with E-state index in [4.69, 9.17) is 18.0 Å². The highest BCUT2D eigenvalue weighted by Gasteiger charge is 1.95. The van der Waals surface area contributed by atoms with Crippen molar-refractivity contribution in [2.24, 2.45) is 11.7 Å². The Morgan fingerprint density at radius 3 is 2.33 bits per heavy atom. The Morgan fingerprint density at radius 2 is 2.22 bits per heavy atom. The van der Waals surface area contributed by atoms with E-state index in [0.717, 1.165) is 12.0 Å². The summed E-state index contributed by atoms with van der Waals surface area (Å²) in [4.78, 5) is 0. The highest BCUT2D eigenvalue weighted by atomic mass is 32.1. The van der Waals surface area contributed by atoms with Crippen LogP contribution in [-0.4, -0.2) is 5.37 Å². The summed E-state index contributed by atoms with van der Waals surface area (Å²) in [5.41, 5.74) is 6.33. The van der Waals surface area contributed by atoms with Crippen LogP contribution in [0, 0.1) is 5.92 Å². The SMILES string of the molecule is CC(C)CC(C=S)=CN. The Hall–Kier alpha value is -0.370. The van der Waals surface area contributed by atoms with Gasteiger partial charge in [0.25, 0.3) is 0 Å². The third-order valence-corrected chi connectivity index (χ3v) is 1.31. The van der Waals surface area contributed by atoms with Crippen molar-refractivity contribution in [3.63, 3.8) is 0 Å². The number of hydrogen-bond acceptors (Lipinski definition) is 2. The van der Waals surface area contributed by atoms with Crippen molar-refractivity contribution < 1.29 is 0 Å². The first-order valence-corrected chi connectivity index (χ1v) is 3.53. The van der Waals surface area contributed by atoms with E-state index in [1.807, 2.05) is 0 Å². The molecule has 0 aromatic heterocycles. The molecular formula is C7H13NS. The molecule has 2 heteroatoms. The van der Waals surface area contributed by atoms with Crippen LogP contribution in [0.15, 0.2) is 11.8 Å². The summed E-state index contributed by atoms with van der Waals surface area (Å²) >= 11 is 4.72. The van der Waals surface area contributed by atoms with E-state index in [-0.39, 0.29) is 0 Å². The fraction of sp³-hybridized carbons (Fsp3) is 0.571. The van der Waals surface area contributed by atoms with Gasteiger partial charge in [0.2, 0.25) is 0 Å². The first-order valence-electron chi connectivity index (χ1n) is 3.06. The predicted octanol–water partition coefficient (Wildman–Crippen LogP) is 1.87. The van der Waals surface area contributed by atoms with E-state index in [1.54, 1.807) is 11.6 Å². The highest BCUT2D eigenvalue weighted by Crippen LogP contribution is 2.06. The summed E-state index contributed by atoms with van der Waals surface area (Å²) in [7, 11) is 0. The zero-order chi connectivity index (χ0) is 7.28. The molecule has 0 aliphatic heterocycles. The summed E-state index contributed by atoms with van der Waals surface area (Å²) in [5.74, 6) is 0.638. The molecule has 0 unspecified atom stereocenters. The van der Waals surface area contributed by atoms with Crippen LogP contribution < -0.4 is 5.73 Å². The molecule has 0 aromatic rings. The van der Waals surface area contributed by atoms with E-state index < -0.39 is 0 Å². The number of allylic oxidation sites excluding steroid dienone is 1. The maximum Gasteiger partial charge on any atom is 0.00600 e. The van der Waals surface area contributed by atoms with E-state index in [2.05, 4.69) is 13.8 Å². The van der Waals surface area contributed by atoms with Crippen LogP contribution in [0.4, 0.5) is 0 Å². The molecule has 0 aliphatic rings. The summed E-state index contributed by atoms with van der Waals surface area (Å²) in [6, 6.07) is 0. The molecular weight excluding hydrogens is 130 g/mol. The predicted molar refractivity (Wildman–Crippen MR) is 45.4 cm³/mol. The van der Waals surface area contributed by atoms with Crippen molar-refractivity contribution >= 4 is 17.6 Å². The quantitative estimate of drug-likeness (QED) is 0.482. The first kappa shape index (κ1) is 8.63. The lowest BCUT2D eigenvalue weighted by Gasteiger charge is -2.01. The van der Waals surface area contributed by atoms with Crippen molar-refractivity contribution in [2.45, 2.75) is 20.3 Å². The van der Waals surface area contributed by atoms with Crippen LogP contribution in [-0.2, 0) is 0 Å². The van der Waals surface area contributed by atoms with Crippen molar-refractivity contribution in [1.29, 1.82) is 0 Å². The van der Waals surface area contributed by atoms with Crippen LogP contribution >= 0.6 is 12.2 Å². The topological polar surface area (TPSA) is 26.0 Å². The van der Waals surface area contributed by atoms with Crippen LogP contribution in [0.25, 0.3) is 0 Å². The molecule has 0 rings (SSSR count). The number of rotatable bonds is 3.